The lowest BCUT2D eigenvalue weighted by atomic mass is 9.89. The van der Waals surface area contributed by atoms with Crippen LogP contribution in [-0.2, 0) is 15.6 Å². The maximum absolute atomic E-state index is 13.4. The molecule has 1 aromatic carbocycles. The summed E-state index contributed by atoms with van der Waals surface area (Å²) in [7, 11) is -3.97. The predicted octanol–water partition coefficient (Wildman–Crippen LogP) is 3.45. The first-order valence-corrected chi connectivity index (χ1v) is 14.4. The van der Waals surface area contributed by atoms with Crippen LogP contribution in [0.5, 0.6) is 0 Å². The molecular formula is C26H21N9O2S2. The Hall–Kier alpha value is -4.38. The number of hydrogen-bond acceptors (Lipinski definition) is 9. The van der Waals surface area contributed by atoms with E-state index in [1.54, 1.807) is 41.9 Å². The Bertz CT molecular complexity index is 2020. The van der Waals surface area contributed by atoms with Crippen LogP contribution in [-0.4, -0.2) is 55.0 Å². The lowest BCUT2D eigenvalue weighted by Gasteiger charge is -2.41. The molecule has 39 heavy (non-hydrogen) atoms. The Morgan fingerprint density at radius 1 is 1.10 bits per heavy atom. The maximum atomic E-state index is 13.4. The van der Waals surface area contributed by atoms with Crippen LogP contribution >= 0.6 is 11.3 Å². The summed E-state index contributed by atoms with van der Waals surface area (Å²) < 4.78 is 31.7. The number of nitrogens with one attached hydrogen (secondary N) is 1. The van der Waals surface area contributed by atoms with Gasteiger partial charge in [-0.3, -0.25) is 9.25 Å². The van der Waals surface area contributed by atoms with Gasteiger partial charge in [0.1, 0.15) is 11.1 Å². The molecule has 5 aromatic heterocycles. The van der Waals surface area contributed by atoms with Crippen molar-refractivity contribution >= 4 is 43.4 Å². The Morgan fingerprint density at radius 2 is 1.92 bits per heavy atom. The first-order valence-electron chi connectivity index (χ1n) is 12.2. The van der Waals surface area contributed by atoms with Gasteiger partial charge in [0.25, 0.3) is 10.0 Å². The highest BCUT2D eigenvalue weighted by molar-refractivity contribution is 7.90. The molecule has 1 aliphatic rings. The summed E-state index contributed by atoms with van der Waals surface area (Å²) in [6.07, 6.45) is 7.10. The number of aryl methyl sites for hydroxylation is 1. The van der Waals surface area contributed by atoms with Crippen molar-refractivity contribution in [2.75, 3.05) is 13.1 Å². The zero-order valence-electron chi connectivity index (χ0n) is 20.7. The third-order valence-corrected chi connectivity index (χ3v) is 9.63. The molecule has 6 heterocycles. The lowest BCUT2D eigenvalue weighted by molar-refractivity contribution is 0.160. The smallest absolute Gasteiger partial charge is 0.284 e. The van der Waals surface area contributed by atoms with Gasteiger partial charge in [-0.1, -0.05) is 18.2 Å². The van der Waals surface area contributed by atoms with Crippen molar-refractivity contribution in [3.63, 3.8) is 0 Å². The normalized spacial score (nSPS) is 15.0. The summed E-state index contributed by atoms with van der Waals surface area (Å²) in [5, 5.41) is 22.1. The maximum Gasteiger partial charge on any atom is 0.284 e. The number of rotatable bonds is 6. The molecule has 7 rings (SSSR count). The van der Waals surface area contributed by atoms with E-state index in [-0.39, 0.29) is 10.5 Å². The minimum atomic E-state index is -3.97. The van der Waals surface area contributed by atoms with Gasteiger partial charge in [-0.05, 0) is 31.2 Å². The zero-order chi connectivity index (χ0) is 26.8. The highest BCUT2D eigenvalue weighted by Gasteiger charge is 2.40. The predicted molar refractivity (Wildman–Crippen MR) is 146 cm³/mol. The minimum Gasteiger partial charge on any atom is -0.312 e. The summed E-state index contributed by atoms with van der Waals surface area (Å²) in [6.45, 7) is 3.34. The lowest BCUT2D eigenvalue weighted by Crippen LogP contribution is -2.60. The topological polar surface area (TPSA) is 136 Å². The Labute approximate surface area is 227 Å². The van der Waals surface area contributed by atoms with Crippen LogP contribution in [0.15, 0.2) is 72.1 Å². The van der Waals surface area contributed by atoms with E-state index in [2.05, 4.69) is 26.6 Å². The number of benzene rings is 1. The van der Waals surface area contributed by atoms with E-state index in [4.69, 9.17) is 4.98 Å². The summed E-state index contributed by atoms with van der Waals surface area (Å²) in [4.78, 5) is 11.6. The monoisotopic (exact) mass is 555 g/mol. The van der Waals surface area contributed by atoms with Crippen molar-refractivity contribution < 1.29 is 8.42 Å². The van der Waals surface area contributed by atoms with Gasteiger partial charge in [-0.15, -0.1) is 15.4 Å². The molecule has 0 saturated carbocycles. The molecule has 0 amide bonds. The molecule has 0 bridgehead atoms. The van der Waals surface area contributed by atoms with Gasteiger partial charge in [0.05, 0.1) is 57.4 Å². The van der Waals surface area contributed by atoms with Crippen LogP contribution in [0.2, 0.25) is 0 Å². The number of aromatic nitrogens is 7. The second-order valence-electron chi connectivity index (χ2n) is 9.52. The van der Waals surface area contributed by atoms with Gasteiger partial charge in [0.2, 0.25) is 0 Å². The van der Waals surface area contributed by atoms with Crippen LogP contribution in [0.4, 0.5) is 0 Å². The van der Waals surface area contributed by atoms with E-state index in [0.717, 1.165) is 19.5 Å². The van der Waals surface area contributed by atoms with Crippen molar-refractivity contribution in [2.24, 2.45) is 0 Å². The Balaban J connectivity index is 1.48. The molecule has 1 saturated heterocycles. The number of imidazole rings is 1. The second-order valence-corrected chi connectivity index (χ2v) is 12.6. The molecule has 194 valence electrons. The Kier molecular flexibility index (Phi) is 5.21. The van der Waals surface area contributed by atoms with Crippen molar-refractivity contribution in [3.8, 4) is 22.5 Å². The second kappa shape index (κ2) is 8.57. The highest BCUT2D eigenvalue weighted by atomic mass is 32.2. The number of thiophene rings is 1. The first kappa shape index (κ1) is 23.7. The van der Waals surface area contributed by atoms with Gasteiger partial charge in [0.15, 0.2) is 11.5 Å². The molecule has 1 fully saturated rings. The van der Waals surface area contributed by atoms with E-state index in [1.165, 1.54) is 18.3 Å². The van der Waals surface area contributed by atoms with E-state index >= 15 is 0 Å². The molecule has 1 aliphatic heterocycles. The van der Waals surface area contributed by atoms with Gasteiger partial charge >= 0.3 is 0 Å². The summed E-state index contributed by atoms with van der Waals surface area (Å²) >= 11 is 1.61. The fourth-order valence-corrected chi connectivity index (χ4v) is 7.07. The summed E-state index contributed by atoms with van der Waals surface area (Å²) in [6, 6.07) is 14.5. The van der Waals surface area contributed by atoms with Crippen LogP contribution in [0.25, 0.3) is 38.5 Å². The molecule has 0 aliphatic carbocycles. The summed E-state index contributed by atoms with van der Waals surface area (Å²) in [5.41, 5.74) is 1.82. The van der Waals surface area contributed by atoms with Gasteiger partial charge < -0.3 is 5.32 Å². The number of nitriles is 1. The quantitative estimate of drug-likeness (QED) is 0.330. The van der Waals surface area contributed by atoms with Crippen LogP contribution in [0.1, 0.15) is 11.3 Å². The largest absolute Gasteiger partial charge is 0.312 e. The molecule has 0 spiro atoms. The average molecular weight is 556 g/mol. The van der Waals surface area contributed by atoms with Crippen molar-refractivity contribution in [1.82, 2.24) is 38.8 Å². The summed E-state index contributed by atoms with van der Waals surface area (Å²) in [5.74, 6) is 0.691. The van der Waals surface area contributed by atoms with E-state index in [9.17, 15) is 13.7 Å². The van der Waals surface area contributed by atoms with Crippen molar-refractivity contribution in [1.29, 1.82) is 5.26 Å². The fourth-order valence-electron chi connectivity index (χ4n) is 4.98. The number of pyridine rings is 1. The van der Waals surface area contributed by atoms with E-state index in [1.807, 2.05) is 34.5 Å². The third-order valence-electron chi connectivity index (χ3n) is 7.04. The van der Waals surface area contributed by atoms with Crippen molar-refractivity contribution in [2.45, 2.75) is 23.8 Å². The Morgan fingerprint density at radius 3 is 2.62 bits per heavy atom. The fraction of sp³-hybridized carbons (Fsp3) is 0.192. The number of hydrogen-bond donors (Lipinski definition) is 1. The van der Waals surface area contributed by atoms with Gasteiger partial charge in [-0.2, -0.15) is 23.9 Å². The van der Waals surface area contributed by atoms with Gasteiger partial charge in [0, 0.05) is 24.2 Å². The molecular weight excluding hydrogens is 534 g/mol. The third kappa shape index (κ3) is 3.53. The SMILES string of the molecule is Cc1ccc(-c2nc3cnc4c(cnn4S(=O)(=O)c4ccccc4)c3n2-c2cnn(C3(CC#N)CNC3)c2)s1. The molecule has 1 N–H and O–H groups in total. The molecule has 11 nitrogen and oxygen atoms in total. The van der Waals surface area contributed by atoms with Crippen molar-refractivity contribution in [3.05, 3.63) is 72.1 Å². The average Bonchev–Trinajstić information content (AvgIpc) is 3.70. The standard InChI is InChI=1S/C26H21N9O2S2/c1-17-7-8-22(38-17)25-32-21-13-29-24-20(12-31-35(24)39(36,37)19-5-3-2-4-6-19)23(21)34(25)18-11-30-33(14-18)26(9-10-27)15-28-16-26/h2-8,11-14,28H,9,15-16H2,1H3. The van der Waals surface area contributed by atoms with Crippen LogP contribution < -0.4 is 5.32 Å². The zero-order valence-corrected chi connectivity index (χ0v) is 22.3. The van der Waals surface area contributed by atoms with E-state index < -0.39 is 15.6 Å². The molecule has 6 aromatic rings. The number of nitrogens with zero attached hydrogens (tertiary/aromatic N) is 8. The molecule has 13 heteroatoms. The van der Waals surface area contributed by atoms with E-state index in [0.29, 0.717) is 41.8 Å². The van der Waals surface area contributed by atoms with Crippen LogP contribution in [0.3, 0.4) is 0 Å². The minimum absolute atomic E-state index is 0.123. The highest BCUT2D eigenvalue weighted by Crippen LogP contribution is 2.36. The molecule has 0 unspecified atom stereocenters. The first-order chi connectivity index (χ1) is 18.9. The van der Waals surface area contributed by atoms with Gasteiger partial charge in [-0.25, -0.2) is 9.97 Å². The molecule has 0 radical (unpaired) electrons. The number of fused-ring (bicyclic) bond motifs is 3. The molecule has 0 atom stereocenters. The van der Waals surface area contributed by atoms with Crippen LogP contribution in [0, 0.1) is 18.3 Å².